The Morgan fingerprint density at radius 2 is 2.31 bits per heavy atom. The fraction of sp³-hybridized carbons (Fsp3) is 0.667. The fourth-order valence-electron chi connectivity index (χ4n) is 1.77. The number of nitrogens with one attached hydrogen (secondary N) is 1. The maximum absolute atomic E-state index is 8.86. The highest BCUT2D eigenvalue weighted by Crippen LogP contribution is 2.18. The first-order chi connectivity index (χ1) is 6.40. The van der Waals surface area contributed by atoms with Gasteiger partial charge >= 0.3 is 0 Å². The van der Waals surface area contributed by atoms with Gasteiger partial charge in [-0.2, -0.15) is 0 Å². The minimum Gasteiger partial charge on any atom is -0.390 e. The lowest BCUT2D eigenvalue weighted by atomic mass is 10.1. The van der Waals surface area contributed by atoms with Crippen molar-refractivity contribution in [2.45, 2.75) is 25.5 Å². The second kappa shape index (κ2) is 3.89. The Kier molecular flexibility index (Phi) is 2.61. The summed E-state index contributed by atoms with van der Waals surface area (Å²) in [5.74, 6) is 0. The van der Waals surface area contributed by atoms with Crippen LogP contribution in [0.3, 0.4) is 0 Å². The second-order valence-electron chi connectivity index (χ2n) is 3.45. The zero-order valence-corrected chi connectivity index (χ0v) is 7.61. The molecule has 4 nitrogen and oxygen atoms in total. The van der Waals surface area contributed by atoms with Crippen LogP contribution in [0.1, 0.15) is 24.6 Å². The van der Waals surface area contributed by atoms with Crippen molar-refractivity contribution >= 4 is 0 Å². The van der Waals surface area contributed by atoms with Crippen LogP contribution in [0.15, 0.2) is 12.5 Å². The van der Waals surface area contributed by atoms with Crippen LogP contribution in [0, 0.1) is 0 Å². The van der Waals surface area contributed by atoms with Gasteiger partial charge in [0.1, 0.15) is 0 Å². The molecule has 1 aromatic heterocycles. The van der Waals surface area contributed by atoms with Gasteiger partial charge in [0.2, 0.25) is 0 Å². The van der Waals surface area contributed by atoms with Crippen molar-refractivity contribution in [1.29, 1.82) is 0 Å². The third kappa shape index (κ3) is 1.89. The molecule has 0 bridgehead atoms. The Morgan fingerprint density at radius 1 is 1.54 bits per heavy atom. The average molecular weight is 181 g/mol. The summed E-state index contributed by atoms with van der Waals surface area (Å²) < 4.78 is 2.12. The van der Waals surface area contributed by atoms with E-state index in [1.165, 1.54) is 0 Å². The van der Waals surface area contributed by atoms with E-state index in [0.717, 1.165) is 31.6 Å². The predicted octanol–water partition coefficient (Wildman–Crippen LogP) is 0.300. The highest BCUT2D eigenvalue weighted by atomic mass is 16.3. The third-order valence-electron chi connectivity index (χ3n) is 2.55. The van der Waals surface area contributed by atoms with Gasteiger partial charge in [-0.25, -0.2) is 4.98 Å². The Morgan fingerprint density at radius 3 is 2.92 bits per heavy atom. The van der Waals surface area contributed by atoms with Gasteiger partial charge in [-0.05, 0) is 25.9 Å². The molecule has 0 amide bonds. The zero-order valence-electron chi connectivity index (χ0n) is 7.61. The van der Waals surface area contributed by atoms with Crippen LogP contribution in [-0.4, -0.2) is 27.7 Å². The summed E-state index contributed by atoms with van der Waals surface area (Å²) in [5, 5.41) is 12.2. The molecule has 0 aromatic carbocycles. The SMILES string of the molecule is OCc1cn(C2CCNCC2)cn1. The molecule has 0 atom stereocenters. The van der Waals surface area contributed by atoms with Crippen molar-refractivity contribution in [3.05, 3.63) is 18.2 Å². The topological polar surface area (TPSA) is 50.1 Å². The number of nitrogens with zero attached hydrogens (tertiary/aromatic N) is 2. The van der Waals surface area contributed by atoms with Crippen molar-refractivity contribution in [3.8, 4) is 0 Å². The van der Waals surface area contributed by atoms with Crippen molar-refractivity contribution < 1.29 is 5.11 Å². The molecule has 1 aromatic rings. The maximum atomic E-state index is 8.86. The molecule has 0 saturated carbocycles. The minimum absolute atomic E-state index is 0.0397. The summed E-state index contributed by atoms with van der Waals surface area (Å²) in [6, 6.07) is 0.564. The van der Waals surface area contributed by atoms with E-state index in [-0.39, 0.29) is 6.61 Å². The van der Waals surface area contributed by atoms with Crippen LogP contribution < -0.4 is 5.32 Å². The Balaban J connectivity index is 2.05. The van der Waals surface area contributed by atoms with E-state index in [1.807, 2.05) is 12.5 Å². The van der Waals surface area contributed by atoms with Crippen molar-refractivity contribution in [2.75, 3.05) is 13.1 Å². The standard InChI is InChI=1S/C9H15N3O/c13-6-8-5-12(7-11-8)9-1-3-10-4-2-9/h5,7,9-10,13H,1-4,6H2. The van der Waals surface area contributed by atoms with E-state index in [9.17, 15) is 0 Å². The first kappa shape index (κ1) is 8.72. The average Bonchev–Trinajstić information content (AvgIpc) is 2.67. The fourth-order valence-corrected chi connectivity index (χ4v) is 1.77. The molecule has 0 aliphatic carbocycles. The highest BCUT2D eigenvalue weighted by Gasteiger charge is 2.14. The molecule has 2 N–H and O–H groups in total. The van der Waals surface area contributed by atoms with E-state index in [2.05, 4.69) is 14.9 Å². The number of aliphatic hydroxyl groups is 1. The molecular weight excluding hydrogens is 166 g/mol. The smallest absolute Gasteiger partial charge is 0.0953 e. The number of aliphatic hydroxyl groups excluding tert-OH is 1. The van der Waals surface area contributed by atoms with Crippen LogP contribution >= 0.6 is 0 Å². The van der Waals surface area contributed by atoms with Gasteiger partial charge in [-0.3, -0.25) is 0 Å². The van der Waals surface area contributed by atoms with Gasteiger partial charge < -0.3 is 15.0 Å². The third-order valence-corrected chi connectivity index (χ3v) is 2.55. The number of hydrogen-bond donors (Lipinski definition) is 2. The molecule has 13 heavy (non-hydrogen) atoms. The molecule has 0 spiro atoms. The zero-order chi connectivity index (χ0) is 9.10. The molecule has 4 heteroatoms. The Hall–Kier alpha value is -0.870. The Bertz CT molecular complexity index is 266. The monoisotopic (exact) mass is 181 g/mol. The molecule has 1 aliphatic rings. The summed E-state index contributed by atoms with van der Waals surface area (Å²) in [6.07, 6.45) is 6.07. The lowest BCUT2D eigenvalue weighted by molar-refractivity contribution is 0.277. The summed E-state index contributed by atoms with van der Waals surface area (Å²) in [4.78, 5) is 4.10. The Labute approximate surface area is 77.6 Å². The van der Waals surface area contributed by atoms with Crippen molar-refractivity contribution in [1.82, 2.24) is 14.9 Å². The summed E-state index contributed by atoms with van der Waals surface area (Å²) in [5.41, 5.74) is 0.763. The lowest BCUT2D eigenvalue weighted by Crippen LogP contribution is -2.28. The molecule has 2 heterocycles. The summed E-state index contributed by atoms with van der Waals surface area (Å²) >= 11 is 0. The van der Waals surface area contributed by atoms with Gasteiger partial charge in [0, 0.05) is 12.2 Å². The number of aromatic nitrogens is 2. The van der Waals surface area contributed by atoms with Gasteiger partial charge in [0.05, 0.1) is 18.6 Å². The molecule has 1 aliphatic heterocycles. The van der Waals surface area contributed by atoms with Crippen LogP contribution in [0.2, 0.25) is 0 Å². The minimum atomic E-state index is 0.0397. The molecule has 72 valence electrons. The van der Waals surface area contributed by atoms with Crippen LogP contribution in [0.4, 0.5) is 0 Å². The predicted molar refractivity (Wildman–Crippen MR) is 49.3 cm³/mol. The van der Waals surface area contributed by atoms with E-state index < -0.39 is 0 Å². The number of piperidine rings is 1. The molecule has 1 fully saturated rings. The van der Waals surface area contributed by atoms with Crippen molar-refractivity contribution in [2.24, 2.45) is 0 Å². The quantitative estimate of drug-likeness (QED) is 0.690. The lowest BCUT2D eigenvalue weighted by Gasteiger charge is -2.23. The van der Waals surface area contributed by atoms with Gasteiger partial charge in [-0.1, -0.05) is 0 Å². The molecule has 0 unspecified atom stereocenters. The largest absolute Gasteiger partial charge is 0.390 e. The van der Waals surface area contributed by atoms with E-state index >= 15 is 0 Å². The summed E-state index contributed by atoms with van der Waals surface area (Å²) in [6.45, 7) is 2.20. The molecule has 1 saturated heterocycles. The highest BCUT2D eigenvalue weighted by molar-refractivity contribution is 4.96. The van der Waals surface area contributed by atoms with E-state index in [4.69, 9.17) is 5.11 Å². The number of hydrogen-bond acceptors (Lipinski definition) is 3. The van der Waals surface area contributed by atoms with E-state index in [1.54, 1.807) is 0 Å². The van der Waals surface area contributed by atoms with Crippen LogP contribution in [0.5, 0.6) is 0 Å². The molecular formula is C9H15N3O. The second-order valence-corrected chi connectivity index (χ2v) is 3.45. The summed E-state index contributed by atoms with van der Waals surface area (Å²) in [7, 11) is 0. The normalized spacial score (nSPS) is 19.2. The maximum Gasteiger partial charge on any atom is 0.0953 e. The molecule has 0 radical (unpaired) electrons. The van der Waals surface area contributed by atoms with Crippen LogP contribution in [0.25, 0.3) is 0 Å². The first-order valence-electron chi connectivity index (χ1n) is 4.74. The van der Waals surface area contributed by atoms with Gasteiger partial charge in [0.25, 0.3) is 0 Å². The molecule has 2 rings (SSSR count). The van der Waals surface area contributed by atoms with Crippen LogP contribution in [-0.2, 0) is 6.61 Å². The number of rotatable bonds is 2. The first-order valence-corrected chi connectivity index (χ1v) is 4.74. The van der Waals surface area contributed by atoms with E-state index in [0.29, 0.717) is 6.04 Å². The number of imidazole rings is 1. The van der Waals surface area contributed by atoms with Crippen molar-refractivity contribution in [3.63, 3.8) is 0 Å². The van der Waals surface area contributed by atoms with Gasteiger partial charge in [0.15, 0.2) is 0 Å². The van der Waals surface area contributed by atoms with Gasteiger partial charge in [-0.15, -0.1) is 0 Å².